The Morgan fingerprint density at radius 3 is 2.19 bits per heavy atom. The van der Waals surface area contributed by atoms with E-state index in [4.69, 9.17) is 4.74 Å². The SMILES string of the molecule is COc1ccc(S(=O)(=O)N=C(CC2CCCCC2)N2CCCCCC2)cc1. The van der Waals surface area contributed by atoms with E-state index in [-0.39, 0.29) is 4.90 Å². The zero-order valence-corrected chi connectivity index (χ0v) is 17.2. The van der Waals surface area contributed by atoms with Crippen LogP contribution in [-0.2, 0) is 10.0 Å². The number of amidine groups is 1. The molecule has 150 valence electrons. The number of hydrogen-bond donors (Lipinski definition) is 0. The molecule has 1 aliphatic carbocycles. The number of likely N-dealkylation sites (tertiary alicyclic amines) is 1. The summed E-state index contributed by atoms with van der Waals surface area (Å²) in [5.41, 5.74) is 0. The molecular formula is C21H32N2O3S. The smallest absolute Gasteiger partial charge is 0.283 e. The molecule has 3 rings (SSSR count). The second-order valence-electron chi connectivity index (χ2n) is 7.77. The second kappa shape index (κ2) is 9.58. The number of methoxy groups -OCH3 is 1. The number of nitrogens with zero attached hydrogens (tertiary/aromatic N) is 2. The van der Waals surface area contributed by atoms with Crippen LogP contribution in [0.2, 0.25) is 0 Å². The monoisotopic (exact) mass is 392 g/mol. The first-order valence-electron chi connectivity index (χ1n) is 10.3. The molecule has 27 heavy (non-hydrogen) atoms. The molecule has 6 heteroatoms. The van der Waals surface area contributed by atoms with Crippen LogP contribution < -0.4 is 4.74 Å². The molecule has 2 fully saturated rings. The second-order valence-corrected chi connectivity index (χ2v) is 9.37. The fourth-order valence-electron chi connectivity index (χ4n) is 4.14. The lowest BCUT2D eigenvalue weighted by Gasteiger charge is -2.29. The largest absolute Gasteiger partial charge is 0.497 e. The summed E-state index contributed by atoms with van der Waals surface area (Å²) in [6.07, 6.45) is 11.7. The van der Waals surface area contributed by atoms with E-state index in [2.05, 4.69) is 9.30 Å². The summed E-state index contributed by atoms with van der Waals surface area (Å²) < 4.78 is 35.4. The zero-order valence-electron chi connectivity index (χ0n) is 16.4. The van der Waals surface area contributed by atoms with Gasteiger partial charge in [0, 0.05) is 19.5 Å². The zero-order chi connectivity index (χ0) is 19.1. The van der Waals surface area contributed by atoms with Crippen molar-refractivity contribution in [2.24, 2.45) is 10.3 Å². The lowest BCUT2D eigenvalue weighted by molar-refractivity contribution is 0.346. The van der Waals surface area contributed by atoms with Gasteiger partial charge in [0.2, 0.25) is 0 Å². The fourth-order valence-corrected chi connectivity index (χ4v) is 5.19. The third-order valence-corrected chi connectivity index (χ3v) is 7.07. The Hall–Kier alpha value is -1.56. The van der Waals surface area contributed by atoms with E-state index < -0.39 is 10.0 Å². The van der Waals surface area contributed by atoms with Crippen LogP contribution in [0.25, 0.3) is 0 Å². The third-order valence-electron chi connectivity index (χ3n) is 5.75. The molecule has 1 aromatic carbocycles. The van der Waals surface area contributed by atoms with Crippen LogP contribution in [0.1, 0.15) is 64.2 Å². The Labute approximate surface area is 163 Å². The molecule has 1 saturated heterocycles. The molecule has 1 aromatic rings. The van der Waals surface area contributed by atoms with E-state index >= 15 is 0 Å². The number of sulfonamides is 1. The predicted octanol–water partition coefficient (Wildman–Crippen LogP) is 4.63. The Morgan fingerprint density at radius 2 is 1.59 bits per heavy atom. The highest BCUT2D eigenvalue weighted by atomic mass is 32.2. The van der Waals surface area contributed by atoms with Gasteiger partial charge in [0.25, 0.3) is 10.0 Å². The topological polar surface area (TPSA) is 59.0 Å². The summed E-state index contributed by atoms with van der Waals surface area (Å²) in [5.74, 6) is 1.99. The van der Waals surface area contributed by atoms with Crippen molar-refractivity contribution in [2.75, 3.05) is 20.2 Å². The van der Waals surface area contributed by atoms with Crippen LogP contribution in [-0.4, -0.2) is 39.4 Å². The van der Waals surface area contributed by atoms with Crippen LogP contribution in [0.4, 0.5) is 0 Å². The molecule has 1 saturated carbocycles. The van der Waals surface area contributed by atoms with Gasteiger partial charge in [0.05, 0.1) is 12.0 Å². The van der Waals surface area contributed by atoms with E-state index in [9.17, 15) is 8.42 Å². The number of hydrogen-bond acceptors (Lipinski definition) is 3. The normalized spacial score (nSPS) is 20.3. The summed E-state index contributed by atoms with van der Waals surface area (Å²) in [6, 6.07) is 6.51. The van der Waals surface area contributed by atoms with Crippen molar-refractivity contribution in [3.05, 3.63) is 24.3 Å². The standard InChI is InChI=1S/C21H32N2O3S/c1-26-19-11-13-20(14-12-19)27(24,25)22-21(17-18-9-5-4-6-10-18)23-15-7-2-3-8-16-23/h11-14,18H,2-10,15-17H2,1H3. The van der Waals surface area contributed by atoms with Gasteiger partial charge >= 0.3 is 0 Å². The van der Waals surface area contributed by atoms with Gasteiger partial charge < -0.3 is 9.64 Å². The average Bonchev–Trinajstić information content (AvgIpc) is 2.98. The van der Waals surface area contributed by atoms with Gasteiger partial charge in [0.15, 0.2) is 0 Å². The Bertz CT molecular complexity index is 714. The summed E-state index contributed by atoms with van der Waals surface area (Å²) in [5, 5.41) is 0. The van der Waals surface area contributed by atoms with Crippen LogP contribution in [0, 0.1) is 5.92 Å². The van der Waals surface area contributed by atoms with Crippen molar-refractivity contribution in [3.63, 3.8) is 0 Å². The van der Waals surface area contributed by atoms with Gasteiger partial charge in [-0.3, -0.25) is 0 Å². The van der Waals surface area contributed by atoms with Crippen molar-refractivity contribution < 1.29 is 13.2 Å². The molecule has 0 radical (unpaired) electrons. The molecule has 0 spiro atoms. The molecule has 0 bridgehead atoms. The maximum atomic E-state index is 13.0. The van der Waals surface area contributed by atoms with E-state index in [1.165, 1.54) is 44.9 Å². The molecule has 0 amide bonds. The molecule has 5 nitrogen and oxygen atoms in total. The molecule has 0 N–H and O–H groups in total. The van der Waals surface area contributed by atoms with Gasteiger partial charge in [-0.2, -0.15) is 8.42 Å². The minimum absolute atomic E-state index is 0.235. The highest BCUT2D eigenvalue weighted by molar-refractivity contribution is 7.90. The van der Waals surface area contributed by atoms with Crippen LogP contribution in [0.15, 0.2) is 33.6 Å². The average molecular weight is 393 g/mol. The minimum Gasteiger partial charge on any atom is -0.497 e. The van der Waals surface area contributed by atoms with Crippen LogP contribution in [0.5, 0.6) is 5.75 Å². The number of benzene rings is 1. The van der Waals surface area contributed by atoms with E-state index in [0.29, 0.717) is 11.7 Å². The summed E-state index contributed by atoms with van der Waals surface area (Å²) >= 11 is 0. The van der Waals surface area contributed by atoms with Crippen molar-refractivity contribution in [1.29, 1.82) is 0 Å². The first-order valence-corrected chi connectivity index (χ1v) is 11.8. The fraction of sp³-hybridized carbons (Fsp3) is 0.667. The maximum absolute atomic E-state index is 13.0. The Kier molecular flexibility index (Phi) is 7.16. The minimum atomic E-state index is -3.71. The van der Waals surface area contributed by atoms with E-state index in [1.807, 2.05) is 0 Å². The van der Waals surface area contributed by atoms with Crippen molar-refractivity contribution in [1.82, 2.24) is 4.90 Å². The van der Waals surface area contributed by atoms with Crippen molar-refractivity contribution in [3.8, 4) is 5.75 Å². The van der Waals surface area contributed by atoms with Gasteiger partial charge in [-0.15, -0.1) is 4.40 Å². The molecule has 0 aromatic heterocycles. The third kappa shape index (κ3) is 5.71. The van der Waals surface area contributed by atoms with E-state index in [0.717, 1.165) is 38.2 Å². The predicted molar refractivity (Wildman–Crippen MR) is 109 cm³/mol. The lowest BCUT2D eigenvalue weighted by Crippen LogP contribution is -2.34. The van der Waals surface area contributed by atoms with Gasteiger partial charge in [0.1, 0.15) is 11.6 Å². The molecule has 0 atom stereocenters. The quantitative estimate of drug-likeness (QED) is 0.541. The summed E-state index contributed by atoms with van der Waals surface area (Å²) in [6.45, 7) is 1.84. The summed E-state index contributed by atoms with van der Waals surface area (Å²) in [4.78, 5) is 2.47. The highest BCUT2D eigenvalue weighted by Crippen LogP contribution is 2.28. The number of ether oxygens (including phenoxy) is 1. The molecule has 1 aliphatic heterocycles. The molecule has 2 aliphatic rings. The van der Waals surface area contributed by atoms with Crippen molar-refractivity contribution in [2.45, 2.75) is 69.1 Å². The lowest BCUT2D eigenvalue weighted by atomic mass is 9.86. The Morgan fingerprint density at radius 1 is 1.00 bits per heavy atom. The highest BCUT2D eigenvalue weighted by Gasteiger charge is 2.23. The van der Waals surface area contributed by atoms with Crippen LogP contribution >= 0.6 is 0 Å². The van der Waals surface area contributed by atoms with Crippen molar-refractivity contribution >= 4 is 15.9 Å². The molecule has 1 heterocycles. The van der Waals surface area contributed by atoms with Crippen LogP contribution in [0.3, 0.4) is 0 Å². The number of rotatable bonds is 5. The first-order chi connectivity index (χ1) is 13.1. The van der Waals surface area contributed by atoms with E-state index in [1.54, 1.807) is 31.4 Å². The van der Waals surface area contributed by atoms with Gasteiger partial charge in [-0.05, 0) is 43.0 Å². The molecular weight excluding hydrogens is 360 g/mol. The maximum Gasteiger partial charge on any atom is 0.283 e. The first kappa shape index (κ1) is 20.2. The van der Waals surface area contributed by atoms with Gasteiger partial charge in [-0.25, -0.2) is 0 Å². The summed E-state index contributed by atoms with van der Waals surface area (Å²) in [7, 11) is -2.13. The van der Waals surface area contributed by atoms with Gasteiger partial charge in [-0.1, -0.05) is 44.9 Å². The molecule has 0 unspecified atom stereocenters. The Balaban J connectivity index is 1.86.